The zero-order valence-corrected chi connectivity index (χ0v) is 31.6. The van der Waals surface area contributed by atoms with Gasteiger partial charge in [0.25, 0.3) is 0 Å². The second-order valence-corrected chi connectivity index (χ2v) is 14.0. The highest BCUT2D eigenvalue weighted by Gasteiger charge is 2.41. The number of likely N-dealkylation sites (N-methyl/N-ethyl adjacent to an activating group) is 3. The van der Waals surface area contributed by atoms with Gasteiger partial charge in [0.1, 0.15) is 24.2 Å². The maximum Gasteiger partial charge on any atom is 0.246 e. The lowest BCUT2D eigenvalue weighted by Gasteiger charge is -2.39. The van der Waals surface area contributed by atoms with Crippen molar-refractivity contribution in [3.8, 4) is 12.3 Å². The summed E-state index contributed by atoms with van der Waals surface area (Å²) >= 11 is 0. The fraction of sp³-hybridized carbons (Fsp3) is 0.778. The van der Waals surface area contributed by atoms with Gasteiger partial charge in [-0.15, -0.1) is 12.3 Å². The summed E-state index contributed by atoms with van der Waals surface area (Å²) in [5.74, 6) is -1.54. The molecule has 0 spiro atoms. The number of unbranched alkanes of at least 4 members (excludes halogenated alkanes) is 2. The normalized spacial score (nSPS) is 15.6. The van der Waals surface area contributed by atoms with Crippen molar-refractivity contribution < 1.29 is 28.8 Å². The summed E-state index contributed by atoms with van der Waals surface area (Å²) < 4.78 is 0. The molecule has 7 atom stereocenters. The van der Waals surface area contributed by atoms with Crippen LogP contribution < -0.4 is 16.4 Å². The van der Waals surface area contributed by atoms with Crippen LogP contribution >= 0.6 is 0 Å². The molecule has 0 fully saturated rings. The van der Waals surface area contributed by atoms with Crippen LogP contribution in [0.4, 0.5) is 0 Å². The van der Waals surface area contributed by atoms with E-state index in [1.54, 1.807) is 14.1 Å². The fourth-order valence-corrected chi connectivity index (χ4v) is 6.05. The Morgan fingerprint density at radius 2 is 1.19 bits per heavy atom. The number of nitrogens with zero attached hydrogens (tertiary/aromatic N) is 3. The Balaban J connectivity index is 6.30. The topological polar surface area (TPSA) is 162 Å². The van der Waals surface area contributed by atoms with Gasteiger partial charge in [-0.3, -0.25) is 28.8 Å². The predicted molar refractivity (Wildman–Crippen MR) is 189 cm³/mol. The maximum absolute atomic E-state index is 14.1. The van der Waals surface area contributed by atoms with Crippen LogP contribution in [0, 0.1) is 41.9 Å². The summed E-state index contributed by atoms with van der Waals surface area (Å²) in [6.07, 6.45) is 9.42. The van der Waals surface area contributed by atoms with Gasteiger partial charge >= 0.3 is 0 Å². The van der Waals surface area contributed by atoms with Gasteiger partial charge in [-0.25, -0.2) is 0 Å². The summed E-state index contributed by atoms with van der Waals surface area (Å²) in [5.41, 5.74) is 5.22. The molecule has 0 radical (unpaired) electrons. The molecule has 0 saturated heterocycles. The molecule has 274 valence electrons. The lowest BCUT2D eigenvalue weighted by atomic mass is 9.92. The van der Waals surface area contributed by atoms with Crippen molar-refractivity contribution in [2.75, 3.05) is 27.7 Å². The van der Waals surface area contributed by atoms with Crippen molar-refractivity contribution in [2.45, 2.75) is 125 Å². The first-order valence-corrected chi connectivity index (χ1v) is 17.4. The largest absolute Gasteiger partial charge is 0.368 e. The summed E-state index contributed by atoms with van der Waals surface area (Å²) in [6, 6.07) is -3.65. The fourth-order valence-electron chi connectivity index (χ4n) is 6.05. The average Bonchev–Trinajstić information content (AvgIpc) is 3.02. The van der Waals surface area contributed by atoms with Gasteiger partial charge in [0, 0.05) is 33.5 Å². The van der Waals surface area contributed by atoms with Crippen molar-refractivity contribution in [3.05, 3.63) is 0 Å². The molecule has 0 aliphatic rings. The molecule has 0 aromatic rings. The average molecular weight is 677 g/mol. The summed E-state index contributed by atoms with van der Waals surface area (Å²) in [7, 11) is 4.69. The van der Waals surface area contributed by atoms with Crippen molar-refractivity contribution in [2.24, 2.45) is 35.3 Å². The molecule has 12 nitrogen and oxygen atoms in total. The summed E-state index contributed by atoms with van der Waals surface area (Å²) in [5, 5.41) is 5.42. The highest BCUT2D eigenvalue weighted by atomic mass is 16.2. The molecule has 0 aromatic carbocycles. The number of rotatable bonds is 21. The number of hydrogen-bond donors (Lipinski definition) is 3. The Labute approximate surface area is 289 Å². The van der Waals surface area contributed by atoms with Crippen molar-refractivity contribution in [3.63, 3.8) is 0 Å². The molecule has 4 N–H and O–H groups in total. The minimum Gasteiger partial charge on any atom is -0.368 e. The molecule has 6 amide bonds. The quantitative estimate of drug-likeness (QED) is 0.125. The number of nitrogens with two attached hydrogens (primary N) is 1. The number of terminal acetylenes is 1. The zero-order valence-electron chi connectivity index (χ0n) is 31.6. The highest BCUT2D eigenvalue weighted by molar-refractivity contribution is 5.96. The molecule has 0 aromatic heterocycles. The smallest absolute Gasteiger partial charge is 0.246 e. The van der Waals surface area contributed by atoms with Crippen LogP contribution in [0.5, 0.6) is 0 Å². The molecule has 0 aliphatic heterocycles. The second kappa shape index (κ2) is 21.4. The van der Waals surface area contributed by atoms with E-state index in [0.717, 1.165) is 12.8 Å². The SMILES string of the molecule is C#CCCCC[C@@H](C)C(=O)N(C)[C@H](C(=O)N(C)[C@H](C(=O)N[C@H](C(=O)N(C)[C@H](C(=O)NCC(N)=O)[C@H](C)CC)[C@@H](C)CC)C(C)C)C(C)C. The molecule has 12 heteroatoms. The second-order valence-electron chi connectivity index (χ2n) is 14.0. The van der Waals surface area contributed by atoms with Gasteiger partial charge in [-0.2, -0.15) is 0 Å². The maximum atomic E-state index is 14.1. The highest BCUT2D eigenvalue weighted by Crippen LogP contribution is 2.22. The molecule has 48 heavy (non-hydrogen) atoms. The van der Waals surface area contributed by atoms with Crippen molar-refractivity contribution in [1.82, 2.24) is 25.3 Å². The summed E-state index contributed by atoms with van der Waals surface area (Å²) in [4.78, 5) is 84.1. The van der Waals surface area contributed by atoms with E-state index >= 15 is 0 Å². The first kappa shape index (κ1) is 44.4. The van der Waals surface area contributed by atoms with Crippen LogP contribution in [0.1, 0.15) is 101 Å². The Kier molecular flexibility index (Phi) is 19.8. The van der Waals surface area contributed by atoms with Gasteiger partial charge in [0.2, 0.25) is 35.4 Å². The predicted octanol–water partition coefficient (Wildman–Crippen LogP) is 2.79. The van der Waals surface area contributed by atoms with E-state index < -0.39 is 47.8 Å². The van der Waals surface area contributed by atoms with E-state index in [1.807, 2.05) is 62.3 Å². The van der Waals surface area contributed by atoms with Crippen molar-refractivity contribution >= 4 is 35.4 Å². The lowest BCUT2D eigenvalue weighted by molar-refractivity contribution is -0.152. The number of carbonyl (C=O) groups is 6. The Morgan fingerprint density at radius 3 is 1.65 bits per heavy atom. The van der Waals surface area contributed by atoms with Crippen molar-refractivity contribution in [1.29, 1.82) is 0 Å². The van der Waals surface area contributed by atoms with Gasteiger partial charge in [0.05, 0.1) is 6.54 Å². The van der Waals surface area contributed by atoms with Crippen LogP contribution in [-0.2, 0) is 28.8 Å². The lowest BCUT2D eigenvalue weighted by Crippen LogP contribution is -2.62. The minimum atomic E-state index is -0.992. The van der Waals surface area contributed by atoms with E-state index in [9.17, 15) is 28.8 Å². The number of amides is 6. The van der Waals surface area contributed by atoms with Crippen LogP contribution in [-0.4, -0.2) is 102 Å². The monoisotopic (exact) mass is 676 g/mol. The third kappa shape index (κ3) is 12.8. The Bertz CT molecular complexity index is 1130. The Morgan fingerprint density at radius 1 is 0.688 bits per heavy atom. The zero-order chi connectivity index (χ0) is 37.5. The number of primary amides is 1. The molecular weight excluding hydrogens is 612 g/mol. The van der Waals surface area contributed by atoms with Gasteiger partial charge in [0.15, 0.2) is 0 Å². The number of hydrogen-bond acceptors (Lipinski definition) is 6. The third-order valence-corrected chi connectivity index (χ3v) is 9.37. The molecule has 0 unspecified atom stereocenters. The van der Waals surface area contributed by atoms with E-state index in [1.165, 1.54) is 21.7 Å². The molecule has 0 bridgehead atoms. The van der Waals surface area contributed by atoms with E-state index in [-0.39, 0.29) is 47.9 Å². The molecule has 0 heterocycles. The standard InChI is InChI=1S/C36H64N6O6/c1-14-17-18-19-20-26(10)34(46)41(12)30(23(6)7)36(48)40(11)29(22(4)5)33(45)39-28(24(8)15-2)35(47)42(13)31(25(9)16-3)32(44)38-21-27(37)43/h1,22-26,28-31H,15-21H2,2-13H3,(H2,37,43)(H,38,44)(H,39,45)/t24-,25+,26+,28-,29-,30-,31-/m0/s1. The van der Waals surface area contributed by atoms with Crippen LogP contribution in [0.3, 0.4) is 0 Å². The van der Waals surface area contributed by atoms with Gasteiger partial charge < -0.3 is 31.1 Å². The first-order chi connectivity index (χ1) is 22.3. The van der Waals surface area contributed by atoms with E-state index in [4.69, 9.17) is 12.2 Å². The van der Waals surface area contributed by atoms with E-state index in [2.05, 4.69) is 16.6 Å². The number of nitrogens with one attached hydrogen (secondary N) is 2. The third-order valence-electron chi connectivity index (χ3n) is 9.37. The molecule has 0 saturated carbocycles. The van der Waals surface area contributed by atoms with Crippen LogP contribution in [0.2, 0.25) is 0 Å². The minimum absolute atomic E-state index is 0.150. The molecule has 0 aliphatic carbocycles. The van der Waals surface area contributed by atoms with Crippen LogP contribution in [0.25, 0.3) is 0 Å². The number of carbonyl (C=O) groups excluding carboxylic acids is 6. The molecule has 0 rings (SSSR count). The molecular formula is C36H64N6O6. The van der Waals surface area contributed by atoms with E-state index in [0.29, 0.717) is 25.7 Å². The van der Waals surface area contributed by atoms with Gasteiger partial charge in [-0.05, 0) is 36.5 Å². The Hall–Kier alpha value is -3.62. The van der Waals surface area contributed by atoms with Crippen LogP contribution in [0.15, 0.2) is 0 Å². The van der Waals surface area contributed by atoms with Gasteiger partial charge in [-0.1, -0.05) is 81.6 Å². The summed E-state index contributed by atoms with van der Waals surface area (Å²) in [6.45, 7) is 16.3. The first-order valence-electron chi connectivity index (χ1n) is 17.4.